The van der Waals surface area contributed by atoms with Crippen molar-refractivity contribution in [2.45, 2.75) is 30.8 Å². The van der Waals surface area contributed by atoms with Crippen molar-refractivity contribution in [1.29, 1.82) is 0 Å². The lowest BCUT2D eigenvalue weighted by atomic mass is 9.98. The molecule has 4 rings (SSSR count). The van der Waals surface area contributed by atoms with E-state index in [9.17, 15) is 0 Å². The van der Waals surface area contributed by atoms with Crippen molar-refractivity contribution in [3.8, 4) is 0 Å². The van der Waals surface area contributed by atoms with E-state index in [1.54, 1.807) is 0 Å². The fourth-order valence-electron chi connectivity index (χ4n) is 3.29. The fraction of sp³-hybridized carbons (Fsp3) is 0.462. The maximum Gasteiger partial charge on any atom is 0.0651 e. The third-order valence-corrected chi connectivity index (χ3v) is 4.19. The van der Waals surface area contributed by atoms with Gasteiger partial charge in [0.2, 0.25) is 0 Å². The van der Waals surface area contributed by atoms with Crippen LogP contribution in [0, 0.1) is 0 Å². The highest BCUT2D eigenvalue weighted by Gasteiger charge is 2.44. The quantitative estimate of drug-likeness (QED) is 0.735. The van der Waals surface area contributed by atoms with Gasteiger partial charge in [-0.3, -0.25) is 5.10 Å². The molecule has 88 valence electrons. The Morgan fingerprint density at radius 3 is 3.18 bits per heavy atom. The van der Waals surface area contributed by atoms with Gasteiger partial charge >= 0.3 is 0 Å². The summed E-state index contributed by atoms with van der Waals surface area (Å²) >= 11 is 0. The SMILES string of the molecule is c1cc2[nH]ncc2cc1NC12CCC(C1)NC2. The van der Waals surface area contributed by atoms with E-state index in [1.807, 2.05) is 6.20 Å². The molecule has 2 aliphatic rings. The number of benzene rings is 1. The highest BCUT2D eigenvalue weighted by Crippen LogP contribution is 2.38. The van der Waals surface area contributed by atoms with Crippen molar-refractivity contribution >= 4 is 16.6 Å². The number of H-pyrrole nitrogens is 1. The maximum absolute atomic E-state index is 4.05. The van der Waals surface area contributed by atoms with Crippen LogP contribution in [-0.4, -0.2) is 28.3 Å². The molecular weight excluding hydrogens is 212 g/mol. The van der Waals surface area contributed by atoms with E-state index in [4.69, 9.17) is 0 Å². The van der Waals surface area contributed by atoms with Crippen LogP contribution in [-0.2, 0) is 0 Å². The second-order valence-electron chi connectivity index (χ2n) is 5.40. The molecule has 2 atom stereocenters. The summed E-state index contributed by atoms with van der Waals surface area (Å²) in [6.45, 7) is 1.10. The predicted octanol–water partition coefficient (Wildman–Crippen LogP) is 1.87. The van der Waals surface area contributed by atoms with Crippen LogP contribution in [0.25, 0.3) is 10.9 Å². The van der Waals surface area contributed by atoms with E-state index in [-0.39, 0.29) is 0 Å². The molecule has 2 unspecified atom stereocenters. The van der Waals surface area contributed by atoms with E-state index < -0.39 is 0 Å². The lowest BCUT2D eigenvalue weighted by Crippen LogP contribution is -2.41. The van der Waals surface area contributed by atoms with E-state index in [2.05, 4.69) is 39.0 Å². The molecule has 0 radical (unpaired) electrons. The first-order chi connectivity index (χ1) is 8.33. The normalized spacial score (nSPS) is 31.2. The summed E-state index contributed by atoms with van der Waals surface area (Å²) < 4.78 is 0. The van der Waals surface area contributed by atoms with Crippen LogP contribution in [0.2, 0.25) is 0 Å². The standard InChI is InChI=1S/C13H16N4/c1-2-12-9(7-15-17-12)5-10(1)16-13-4-3-11(6-13)14-8-13/h1-2,5,7,11,14,16H,3-4,6,8H2,(H,15,17). The summed E-state index contributed by atoms with van der Waals surface area (Å²) in [6.07, 6.45) is 5.73. The van der Waals surface area contributed by atoms with Crippen LogP contribution >= 0.6 is 0 Å². The van der Waals surface area contributed by atoms with Crippen LogP contribution < -0.4 is 10.6 Å². The van der Waals surface area contributed by atoms with Crippen LogP contribution in [0.5, 0.6) is 0 Å². The number of hydrogen-bond acceptors (Lipinski definition) is 3. The number of aromatic amines is 1. The fourth-order valence-corrected chi connectivity index (χ4v) is 3.29. The number of rotatable bonds is 2. The Hall–Kier alpha value is -1.55. The molecule has 2 bridgehead atoms. The van der Waals surface area contributed by atoms with Gasteiger partial charge in [0.05, 0.1) is 17.3 Å². The molecule has 1 saturated heterocycles. The number of piperidine rings is 1. The zero-order valence-electron chi connectivity index (χ0n) is 9.66. The van der Waals surface area contributed by atoms with E-state index in [0.717, 1.165) is 18.1 Å². The van der Waals surface area contributed by atoms with E-state index in [1.165, 1.54) is 30.3 Å². The molecule has 1 aliphatic carbocycles. The zero-order valence-corrected chi connectivity index (χ0v) is 9.66. The molecule has 2 aromatic rings. The van der Waals surface area contributed by atoms with Gasteiger partial charge in [0.1, 0.15) is 0 Å². The zero-order chi connectivity index (χ0) is 11.3. The van der Waals surface area contributed by atoms with Crippen molar-refractivity contribution in [3.63, 3.8) is 0 Å². The summed E-state index contributed by atoms with van der Waals surface area (Å²) in [6, 6.07) is 7.15. The van der Waals surface area contributed by atoms with Crippen LogP contribution in [0.4, 0.5) is 5.69 Å². The highest BCUT2D eigenvalue weighted by atomic mass is 15.1. The Labute approximate surface area is 99.8 Å². The summed E-state index contributed by atoms with van der Waals surface area (Å²) in [5.41, 5.74) is 2.60. The van der Waals surface area contributed by atoms with Gasteiger partial charge in [-0.25, -0.2) is 0 Å². The number of aromatic nitrogens is 2. The van der Waals surface area contributed by atoms with Crippen LogP contribution in [0.3, 0.4) is 0 Å². The summed E-state index contributed by atoms with van der Waals surface area (Å²) in [4.78, 5) is 0. The van der Waals surface area contributed by atoms with Gasteiger partial charge in [0, 0.05) is 23.7 Å². The molecule has 1 aliphatic heterocycles. The topological polar surface area (TPSA) is 52.7 Å². The van der Waals surface area contributed by atoms with Crippen molar-refractivity contribution in [2.24, 2.45) is 0 Å². The molecule has 4 heteroatoms. The van der Waals surface area contributed by atoms with Crippen molar-refractivity contribution in [3.05, 3.63) is 24.4 Å². The van der Waals surface area contributed by atoms with Gasteiger partial charge in [-0.1, -0.05) is 0 Å². The molecular formula is C13H16N4. The van der Waals surface area contributed by atoms with E-state index in [0.29, 0.717) is 5.54 Å². The average Bonchev–Trinajstić information content (AvgIpc) is 3.01. The molecule has 2 fully saturated rings. The minimum absolute atomic E-state index is 0.294. The van der Waals surface area contributed by atoms with Gasteiger partial charge in [-0.05, 0) is 37.5 Å². The van der Waals surface area contributed by atoms with Crippen molar-refractivity contribution in [2.75, 3.05) is 11.9 Å². The average molecular weight is 228 g/mol. The molecule has 17 heavy (non-hydrogen) atoms. The Morgan fingerprint density at radius 1 is 1.41 bits per heavy atom. The first-order valence-corrected chi connectivity index (χ1v) is 6.28. The summed E-state index contributed by atoms with van der Waals surface area (Å²) in [5.74, 6) is 0. The summed E-state index contributed by atoms with van der Waals surface area (Å²) in [7, 11) is 0. The third kappa shape index (κ3) is 1.44. The molecule has 0 spiro atoms. The molecule has 1 aromatic carbocycles. The van der Waals surface area contributed by atoms with Gasteiger partial charge in [-0.2, -0.15) is 5.10 Å². The number of hydrogen-bond donors (Lipinski definition) is 3. The van der Waals surface area contributed by atoms with Crippen LogP contribution in [0.1, 0.15) is 19.3 Å². The van der Waals surface area contributed by atoms with Gasteiger partial charge in [0.15, 0.2) is 0 Å². The number of nitrogens with one attached hydrogen (secondary N) is 3. The number of nitrogens with zero attached hydrogens (tertiary/aromatic N) is 1. The summed E-state index contributed by atoms with van der Waals surface area (Å²) in [5, 5.41) is 15.5. The predicted molar refractivity (Wildman–Crippen MR) is 68.1 cm³/mol. The highest BCUT2D eigenvalue weighted by molar-refractivity contribution is 5.81. The molecule has 4 nitrogen and oxygen atoms in total. The van der Waals surface area contributed by atoms with Crippen molar-refractivity contribution in [1.82, 2.24) is 15.5 Å². The molecule has 0 amide bonds. The largest absolute Gasteiger partial charge is 0.378 e. The van der Waals surface area contributed by atoms with Gasteiger partial charge < -0.3 is 10.6 Å². The van der Waals surface area contributed by atoms with E-state index >= 15 is 0 Å². The Bertz CT molecular complexity index is 551. The second kappa shape index (κ2) is 3.23. The lowest BCUT2D eigenvalue weighted by molar-refractivity contribution is 0.467. The van der Waals surface area contributed by atoms with Crippen LogP contribution in [0.15, 0.2) is 24.4 Å². The number of anilines is 1. The Balaban J connectivity index is 1.66. The Kier molecular flexibility index (Phi) is 1.80. The first kappa shape index (κ1) is 9.48. The maximum atomic E-state index is 4.05. The molecule has 2 heterocycles. The molecule has 3 N–H and O–H groups in total. The third-order valence-electron chi connectivity index (χ3n) is 4.19. The number of fused-ring (bicyclic) bond motifs is 3. The minimum atomic E-state index is 0.294. The molecule has 1 saturated carbocycles. The minimum Gasteiger partial charge on any atom is -0.378 e. The monoisotopic (exact) mass is 228 g/mol. The van der Waals surface area contributed by atoms with Gasteiger partial charge in [-0.15, -0.1) is 0 Å². The second-order valence-corrected chi connectivity index (χ2v) is 5.40. The lowest BCUT2D eigenvalue weighted by Gasteiger charge is -2.29. The molecule has 1 aromatic heterocycles. The first-order valence-electron chi connectivity index (χ1n) is 6.28. The Morgan fingerprint density at radius 2 is 2.41 bits per heavy atom. The van der Waals surface area contributed by atoms with Gasteiger partial charge in [0.25, 0.3) is 0 Å². The smallest absolute Gasteiger partial charge is 0.0651 e. The van der Waals surface area contributed by atoms with Crippen molar-refractivity contribution < 1.29 is 0 Å².